The van der Waals surface area contributed by atoms with Crippen LogP contribution >= 0.6 is 11.8 Å². The van der Waals surface area contributed by atoms with Gasteiger partial charge in [-0.05, 0) is 24.0 Å². The monoisotopic (exact) mass is 396 g/mol. The third-order valence-corrected chi connectivity index (χ3v) is 6.13. The number of nitrogens with one attached hydrogen (secondary N) is 1. The van der Waals surface area contributed by atoms with Gasteiger partial charge >= 0.3 is 0 Å². The van der Waals surface area contributed by atoms with Crippen molar-refractivity contribution in [2.45, 2.75) is 31.7 Å². The number of thioether (sulfide) groups is 1. The lowest BCUT2D eigenvalue weighted by Gasteiger charge is -2.35. The standard InChI is InChI=1S/C23H28N2O2S/c26-22(13-11-19-7-3-1-4-8-19)24-17-21-18-28-16-15-25(21)23(27)14-12-20-9-5-2-6-10-20/h1-10,21H,11-18H2,(H,24,26). The summed E-state index contributed by atoms with van der Waals surface area (Å²) in [6, 6.07) is 20.2. The van der Waals surface area contributed by atoms with Crippen LogP contribution in [0, 0.1) is 0 Å². The van der Waals surface area contributed by atoms with Gasteiger partial charge in [-0.3, -0.25) is 9.59 Å². The third-order valence-electron chi connectivity index (χ3n) is 5.04. The number of benzene rings is 2. The highest BCUT2D eigenvalue weighted by Crippen LogP contribution is 2.18. The fourth-order valence-electron chi connectivity index (χ4n) is 3.41. The van der Waals surface area contributed by atoms with Crippen molar-refractivity contribution in [1.82, 2.24) is 10.2 Å². The zero-order valence-corrected chi connectivity index (χ0v) is 17.0. The maximum Gasteiger partial charge on any atom is 0.223 e. The number of nitrogens with zero attached hydrogens (tertiary/aromatic N) is 1. The lowest BCUT2D eigenvalue weighted by atomic mass is 10.1. The summed E-state index contributed by atoms with van der Waals surface area (Å²) in [5.41, 5.74) is 2.36. The van der Waals surface area contributed by atoms with Gasteiger partial charge in [0.05, 0.1) is 6.04 Å². The quantitative estimate of drug-likeness (QED) is 0.745. The Balaban J connectivity index is 1.44. The van der Waals surface area contributed by atoms with E-state index < -0.39 is 0 Å². The molecule has 0 radical (unpaired) electrons. The van der Waals surface area contributed by atoms with E-state index in [1.54, 1.807) is 0 Å². The molecule has 4 nitrogen and oxygen atoms in total. The predicted octanol–water partition coefficient (Wildman–Crippen LogP) is 3.31. The summed E-state index contributed by atoms with van der Waals surface area (Å²) in [6.07, 6.45) is 2.50. The van der Waals surface area contributed by atoms with Gasteiger partial charge in [0.25, 0.3) is 0 Å². The first kappa shape index (κ1) is 20.5. The number of carbonyl (C=O) groups excluding carboxylic acids is 2. The molecule has 0 spiro atoms. The summed E-state index contributed by atoms with van der Waals surface area (Å²) >= 11 is 1.86. The third kappa shape index (κ3) is 6.41. The zero-order valence-electron chi connectivity index (χ0n) is 16.2. The summed E-state index contributed by atoms with van der Waals surface area (Å²) < 4.78 is 0. The van der Waals surface area contributed by atoms with Gasteiger partial charge in [0.2, 0.25) is 11.8 Å². The maximum absolute atomic E-state index is 12.7. The lowest BCUT2D eigenvalue weighted by Crippen LogP contribution is -2.51. The van der Waals surface area contributed by atoms with Crippen molar-refractivity contribution in [2.24, 2.45) is 0 Å². The Labute approximate surface area is 171 Å². The first-order valence-electron chi connectivity index (χ1n) is 9.94. The fraction of sp³-hybridized carbons (Fsp3) is 0.391. The summed E-state index contributed by atoms with van der Waals surface area (Å²) in [6.45, 7) is 1.31. The van der Waals surface area contributed by atoms with Crippen LogP contribution in [0.15, 0.2) is 60.7 Å². The molecule has 1 atom stereocenters. The zero-order chi connectivity index (χ0) is 19.6. The van der Waals surface area contributed by atoms with Crippen LogP contribution in [-0.4, -0.2) is 47.4 Å². The van der Waals surface area contributed by atoms with E-state index in [2.05, 4.69) is 17.4 Å². The topological polar surface area (TPSA) is 49.4 Å². The Morgan fingerprint density at radius 3 is 2.18 bits per heavy atom. The molecule has 2 aromatic carbocycles. The Morgan fingerprint density at radius 2 is 1.54 bits per heavy atom. The van der Waals surface area contributed by atoms with Crippen molar-refractivity contribution >= 4 is 23.6 Å². The van der Waals surface area contributed by atoms with Gasteiger partial charge in [0.1, 0.15) is 0 Å². The normalized spacial score (nSPS) is 16.6. The van der Waals surface area contributed by atoms with Gasteiger partial charge in [-0.1, -0.05) is 60.7 Å². The molecule has 0 saturated carbocycles. The van der Waals surface area contributed by atoms with E-state index in [4.69, 9.17) is 0 Å². The second-order valence-corrected chi connectivity index (χ2v) is 8.24. The van der Waals surface area contributed by atoms with Crippen molar-refractivity contribution in [2.75, 3.05) is 24.6 Å². The lowest BCUT2D eigenvalue weighted by molar-refractivity contribution is -0.133. The molecule has 1 aliphatic heterocycles. The summed E-state index contributed by atoms with van der Waals surface area (Å²) in [7, 11) is 0. The molecule has 2 amide bonds. The van der Waals surface area contributed by atoms with Crippen LogP contribution in [0.2, 0.25) is 0 Å². The summed E-state index contributed by atoms with van der Waals surface area (Å²) in [5.74, 6) is 2.09. The molecule has 1 saturated heterocycles. The van der Waals surface area contributed by atoms with E-state index in [1.165, 1.54) is 11.1 Å². The number of carbonyl (C=O) groups is 2. The van der Waals surface area contributed by atoms with Crippen LogP contribution in [-0.2, 0) is 22.4 Å². The van der Waals surface area contributed by atoms with Crippen molar-refractivity contribution < 1.29 is 9.59 Å². The van der Waals surface area contributed by atoms with Gasteiger partial charge in [-0.15, -0.1) is 0 Å². The molecule has 28 heavy (non-hydrogen) atoms. The molecule has 0 bridgehead atoms. The summed E-state index contributed by atoms with van der Waals surface area (Å²) in [5, 5.41) is 3.04. The average molecular weight is 397 g/mol. The molecule has 2 aromatic rings. The van der Waals surface area contributed by atoms with Gasteiger partial charge in [0.15, 0.2) is 0 Å². The molecular weight excluding hydrogens is 368 g/mol. The van der Waals surface area contributed by atoms with Crippen LogP contribution in [0.4, 0.5) is 0 Å². The van der Waals surface area contributed by atoms with Gasteiger partial charge in [0, 0.05) is 37.4 Å². The average Bonchev–Trinajstić information content (AvgIpc) is 2.76. The van der Waals surface area contributed by atoms with Crippen LogP contribution < -0.4 is 5.32 Å². The molecule has 1 fully saturated rings. The van der Waals surface area contributed by atoms with Crippen molar-refractivity contribution in [3.05, 3.63) is 71.8 Å². The second kappa shape index (κ2) is 10.9. The molecular formula is C23H28N2O2S. The van der Waals surface area contributed by atoms with Gasteiger partial charge in [-0.2, -0.15) is 11.8 Å². The van der Waals surface area contributed by atoms with E-state index in [-0.39, 0.29) is 17.9 Å². The molecule has 1 aliphatic rings. The molecule has 0 aromatic heterocycles. The van der Waals surface area contributed by atoms with Crippen LogP contribution in [0.25, 0.3) is 0 Å². The van der Waals surface area contributed by atoms with Gasteiger partial charge in [-0.25, -0.2) is 0 Å². The first-order valence-corrected chi connectivity index (χ1v) is 11.1. The van der Waals surface area contributed by atoms with Crippen molar-refractivity contribution in [3.63, 3.8) is 0 Å². The predicted molar refractivity (Wildman–Crippen MR) is 115 cm³/mol. The Kier molecular flexibility index (Phi) is 7.97. The van der Waals surface area contributed by atoms with Crippen LogP contribution in [0.1, 0.15) is 24.0 Å². The second-order valence-electron chi connectivity index (χ2n) is 7.09. The highest BCUT2D eigenvalue weighted by molar-refractivity contribution is 7.99. The van der Waals surface area contributed by atoms with E-state index >= 15 is 0 Å². The largest absolute Gasteiger partial charge is 0.354 e. The van der Waals surface area contributed by atoms with E-state index in [0.717, 1.165) is 30.9 Å². The van der Waals surface area contributed by atoms with Crippen molar-refractivity contribution in [3.8, 4) is 0 Å². The van der Waals surface area contributed by atoms with E-state index in [1.807, 2.05) is 65.2 Å². The maximum atomic E-state index is 12.7. The highest BCUT2D eigenvalue weighted by atomic mass is 32.2. The minimum atomic E-state index is 0.0520. The fourth-order valence-corrected chi connectivity index (χ4v) is 4.48. The minimum Gasteiger partial charge on any atom is -0.354 e. The Morgan fingerprint density at radius 1 is 0.929 bits per heavy atom. The number of hydrogen-bond donors (Lipinski definition) is 1. The SMILES string of the molecule is O=C(CCc1ccccc1)NCC1CSCCN1C(=O)CCc1ccccc1. The molecule has 3 rings (SSSR count). The van der Waals surface area contributed by atoms with Crippen molar-refractivity contribution in [1.29, 1.82) is 0 Å². The molecule has 5 heteroatoms. The van der Waals surface area contributed by atoms with E-state index in [0.29, 0.717) is 19.4 Å². The molecule has 148 valence electrons. The summed E-state index contributed by atoms with van der Waals surface area (Å²) in [4.78, 5) is 26.9. The van der Waals surface area contributed by atoms with E-state index in [9.17, 15) is 9.59 Å². The Hall–Kier alpha value is -2.27. The number of aryl methyl sites for hydroxylation is 2. The van der Waals surface area contributed by atoms with Crippen LogP contribution in [0.5, 0.6) is 0 Å². The molecule has 1 unspecified atom stereocenters. The Bertz CT molecular complexity index is 752. The molecule has 0 aliphatic carbocycles. The number of amides is 2. The van der Waals surface area contributed by atoms with Gasteiger partial charge < -0.3 is 10.2 Å². The minimum absolute atomic E-state index is 0.0520. The van der Waals surface area contributed by atoms with Crippen LogP contribution in [0.3, 0.4) is 0 Å². The molecule has 1 N–H and O–H groups in total. The smallest absolute Gasteiger partial charge is 0.223 e. The number of rotatable bonds is 8. The highest BCUT2D eigenvalue weighted by Gasteiger charge is 2.27. The number of hydrogen-bond acceptors (Lipinski definition) is 3. The molecule has 1 heterocycles. The first-order chi connectivity index (χ1) is 13.7.